The molecule has 0 aromatic heterocycles. The van der Waals surface area contributed by atoms with Gasteiger partial charge in [-0.05, 0) is 0 Å². The summed E-state index contributed by atoms with van der Waals surface area (Å²) < 4.78 is 189. The van der Waals surface area contributed by atoms with E-state index in [-0.39, 0.29) is 14.2 Å². The molecule has 0 spiro atoms. The lowest BCUT2D eigenvalue weighted by molar-refractivity contribution is -0.511. The zero-order valence-corrected chi connectivity index (χ0v) is 13.8. The van der Waals surface area contributed by atoms with Gasteiger partial charge in [0.1, 0.15) is 0 Å². The molecule has 0 heterocycles. The highest BCUT2D eigenvalue weighted by Gasteiger charge is 2.83. The molecule has 0 aromatic rings. The van der Waals surface area contributed by atoms with Gasteiger partial charge in [0.05, 0.1) is 0 Å². The van der Waals surface area contributed by atoms with Crippen LogP contribution in [0.2, 0.25) is 0 Å². The Balaban J connectivity index is 6.43. The third kappa shape index (κ3) is 4.49. The maximum absolute atomic E-state index is 13.7. The minimum atomic E-state index is -7.42. The predicted molar refractivity (Wildman–Crippen MR) is 58.9 cm³/mol. The van der Waals surface area contributed by atoms with Crippen molar-refractivity contribution >= 4 is 7.60 Å². The number of ether oxygens (including phenoxy) is 2. The Labute approximate surface area is 145 Å². The molecular weight excluding hydrogens is 466 g/mol. The molecule has 0 aliphatic heterocycles. The summed E-state index contributed by atoms with van der Waals surface area (Å²) in [5.74, 6) is -7.37. The van der Waals surface area contributed by atoms with Crippen molar-refractivity contribution in [3.05, 3.63) is 12.1 Å². The van der Waals surface area contributed by atoms with Gasteiger partial charge in [-0.25, -0.2) is 0 Å². The Kier molecular flexibility index (Phi) is 7.52. The van der Waals surface area contributed by atoms with Crippen molar-refractivity contribution in [2.45, 2.75) is 29.9 Å². The quantitative estimate of drug-likeness (QED) is 0.251. The molecule has 0 amide bonds. The van der Waals surface area contributed by atoms with Gasteiger partial charge in [-0.15, -0.1) is 0 Å². The standard InChI is InChI=1S/C9H6F13O5P/c1-24-28(23,25-2)9(21,22)8(19,20)27-5(13,6(14,15)16)7(17,18)26-4(12)3(10)11/h1-2H3. The van der Waals surface area contributed by atoms with E-state index in [1.54, 1.807) is 0 Å². The molecule has 1 unspecified atom stereocenters. The van der Waals surface area contributed by atoms with Crippen LogP contribution >= 0.6 is 7.60 Å². The summed E-state index contributed by atoms with van der Waals surface area (Å²) in [5, 5.41) is 0. The van der Waals surface area contributed by atoms with Gasteiger partial charge in [0.25, 0.3) is 0 Å². The molecule has 0 N–H and O–H groups in total. The molecule has 0 radical (unpaired) electrons. The SMILES string of the molecule is COP(=O)(OC)C(F)(F)C(F)(F)OC(F)(C(F)(F)F)C(F)(F)OC(F)=C(F)F. The number of hydrogen-bond acceptors (Lipinski definition) is 5. The molecule has 0 fully saturated rings. The van der Waals surface area contributed by atoms with Crippen molar-refractivity contribution < 1.29 is 80.2 Å². The van der Waals surface area contributed by atoms with Crippen LogP contribution in [-0.2, 0) is 23.1 Å². The van der Waals surface area contributed by atoms with Crippen LogP contribution in [0.5, 0.6) is 0 Å². The normalized spacial score (nSPS) is 16.5. The number of rotatable bonds is 9. The predicted octanol–water partition coefficient (Wildman–Crippen LogP) is 5.55. The second-order valence-corrected chi connectivity index (χ2v) is 6.56. The zero-order valence-electron chi connectivity index (χ0n) is 12.9. The van der Waals surface area contributed by atoms with Gasteiger partial charge in [-0.3, -0.25) is 9.30 Å². The number of hydrogen-bond donors (Lipinski definition) is 0. The van der Waals surface area contributed by atoms with Crippen molar-refractivity contribution in [2.75, 3.05) is 14.2 Å². The summed E-state index contributed by atoms with van der Waals surface area (Å²) in [7, 11) is -6.47. The molecule has 0 aliphatic rings. The smallest absolute Gasteiger partial charge is 0.398 e. The molecule has 1 atom stereocenters. The Morgan fingerprint density at radius 2 is 1.14 bits per heavy atom. The zero-order chi connectivity index (χ0) is 23.0. The summed E-state index contributed by atoms with van der Waals surface area (Å²) in [6, 6.07) is -3.88. The molecule has 0 aromatic carbocycles. The van der Waals surface area contributed by atoms with Gasteiger partial charge in [-0.1, -0.05) is 0 Å². The molecule has 0 saturated carbocycles. The van der Waals surface area contributed by atoms with Gasteiger partial charge in [-0.2, -0.15) is 57.1 Å². The van der Waals surface area contributed by atoms with Crippen LogP contribution in [0, 0.1) is 0 Å². The molecular formula is C9H6F13O5P. The minimum Gasteiger partial charge on any atom is -0.398 e. The maximum atomic E-state index is 13.7. The highest BCUT2D eigenvalue weighted by molar-refractivity contribution is 7.55. The van der Waals surface area contributed by atoms with Crippen molar-refractivity contribution in [3.63, 3.8) is 0 Å². The van der Waals surface area contributed by atoms with Crippen LogP contribution in [0.1, 0.15) is 0 Å². The molecule has 0 saturated heterocycles. The van der Waals surface area contributed by atoms with E-state index >= 15 is 0 Å². The third-order valence-electron chi connectivity index (χ3n) is 2.55. The van der Waals surface area contributed by atoms with Crippen LogP contribution in [0.4, 0.5) is 57.1 Å². The van der Waals surface area contributed by atoms with Gasteiger partial charge >= 0.3 is 49.6 Å². The van der Waals surface area contributed by atoms with E-state index in [0.717, 1.165) is 0 Å². The largest absolute Gasteiger partial charge is 0.471 e. The lowest BCUT2D eigenvalue weighted by Gasteiger charge is -2.37. The average molecular weight is 472 g/mol. The second-order valence-electron chi connectivity index (χ2n) is 4.27. The van der Waals surface area contributed by atoms with Gasteiger partial charge in [0.15, 0.2) is 0 Å². The lowest BCUT2D eigenvalue weighted by atomic mass is 10.2. The van der Waals surface area contributed by atoms with Crippen LogP contribution in [0.15, 0.2) is 12.1 Å². The molecule has 0 rings (SSSR count). The van der Waals surface area contributed by atoms with Crippen molar-refractivity contribution in [2.24, 2.45) is 0 Å². The fourth-order valence-corrected chi connectivity index (χ4v) is 2.17. The second kappa shape index (κ2) is 7.87. The maximum Gasteiger partial charge on any atom is 0.471 e. The van der Waals surface area contributed by atoms with Gasteiger partial charge in [0, 0.05) is 14.2 Å². The minimum absolute atomic E-state index is 0.00261. The summed E-state index contributed by atoms with van der Waals surface area (Å²) in [6.07, 6.45) is -25.5. The van der Waals surface area contributed by atoms with Crippen LogP contribution in [0.25, 0.3) is 0 Å². The van der Waals surface area contributed by atoms with Crippen LogP contribution in [0.3, 0.4) is 0 Å². The van der Waals surface area contributed by atoms with Crippen molar-refractivity contribution in [1.29, 1.82) is 0 Å². The summed E-state index contributed by atoms with van der Waals surface area (Å²) in [5.41, 5.74) is -6.55. The summed E-state index contributed by atoms with van der Waals surface area (Å²) in [6.45, 7) is 0. The number of halogens is 13. The Morgan fingerprint density at radius 3 is 1.43 bits per heavy atom. The van der Waals surface area contributed by atoms with E-state index < -0.39 is 49.6 Å². The lowest BCUT2D eigenvalue weighted by Crippen LogP contribution is -2.63. The third-order valence-corrected chi connectivity index (χ3v) is 4.46. The fourth-order valence-electron chi connectivity index (χ4n) is 1.20. The molecule has 19 heteroatoms. The topological polar surface area (TPSA) is 54.0 Å². The van der Waals surface area contributed by atoms with E-state index in [9.17, 15) is 61.6 Å². The van der Waals surface area contributed by atoms with Crippen LogP contribution < -0.4 is 0 Å². The van der Waals surface area contributed by atoms with E-state index in [4.69, 9.17) is 0 Å². The molecule has 28 heavy (non-hydrogen) atoms. The Hall–Kier alpha value is -1.26. The van der Waals surface area contributed by atoms with E-state index in [0.29, 0.717) is 0 Å². The summed E-state index contributed by atoms with van der Waals surface area (Å²) >= 11 is 0. The van der Waals surface area contributed by atoms with Crippen molar-refractivity contribution in [1.82, 2.24) is 0 Å². The first-order chi connectivity index (χ1) is 12.2. The van der Waals surface area contributed by atoms with Gasteiger partial charge in [0.2, 0.25) is 0 Å². The Morgan fingerprint density at radius 1 is 0.750 bits per heavy atom. The van der Waals surface area contributed by atoms with Crippen LogP contribution in [-0.4, -0.2) is 44.1 Å². The van der Waals surface area contributed by atoms with E-state index in [1.807, 2.05) is 9.47 Å². The Bertz CT molecular complexity index is 635. The fraction of sp³-hybridized carbons (Fsp3) is 0.778. The molecule has 0 bridgehead atoms. The first-order valence-electron chi connectivity index (χ1n) is 5.86. The molecule has 0 aliphatic carbocycles. The first kappa shape index (κ1) is 26.7. The highest BCUT2D eigenvalue weighted by Crippen LogP contribution is 2.67. The van der Waals surface area contributed by atoms with Crippen molar-refractivity contribution in [3.8, 4) is 0 Å². The monoisotopic (exact) mass is 472 g/mol. The van der Waals surface area contributed by atoms with E-state index in [1.165, 1.54) is 0 Å². The van der Waals surface area contributed by atoms with Gasteiger partial charge < -0.3 is 13.8 Å². The first-order valence-corrected chi connectivity index (χ1v) is 7.40. The molecule has 5 nitrogen and oxygen atoms in total. The number of alkyl halides is 10. The average Bonchev–Trinajstić information content (AvgIpc) is 2.51. The highest BCUT2D eigenvalue weighted by atomic mass is 31.2. The van der Waals surface area contributed by atoms with E-state index in [2.05, 4.69) is 9.05 Å². The molecule has 168 valence electrons. The summed E-state index contributed by atoms with van der Waals surface area (Å²) in [4.78, 5) is 0.